The third-order valence-electron chi connectivity index (χ3n) is 2.92. The second kappa shape index (κ2) is 7.75. The van der Waals surface area contributed by atoms with E-state index in [2.05, 4.69) is 10.0 Å². The molecule has 1 aromatic carbocycles. The monoisotopic (exact) mass is 388 g/mol. The van der Waals surface area contributed by atoms with Gasteiger partial charge in [-0.3, -0.25) is 4.79 Å². The highest BCUT2D eigenvalue weighted by molar-refractivity contribution is 7.91. The number of hydrogen-bond donors (Lipinski definition) is 3. The van der Waals surface area contributed by atoms with E-state index in [1.165, 1.54) is 30.3 Å². The molecule has 128 valence electrons. The molecule has 24 heavy (non-hydrogen) atoms. The summed E-state index contributed by atoms with van der Waals surface area (Å²) in [6.45, 7) is -0.0377. The molecule has 1 heterocycles. The molecule has 0 saturated heterocycles. The van der Waals surface area contributed by atoms with Crippen LogP contribution in [-0.2, 0) is 10.0 Å². The number of carboxylic acids is 1. The first-order chi connectivity index (χ1) is 11.3. The van der Waals surface area contributed by atoms with Gasteiger partial charge < -0.3 is 10.4 Å². The van der Waals surface area contributed by atoms with Gasteiger partial charge in [0.2, 0.25) is 10.0 Å². The van der Waals surface area contributed by atoms with Crippen molar-refractivity contribution in [2.45, 2.75) is 4.21 Å². The first-order valence-corrected chi connectivity index (χ1v) is 9.34. The number of carbonyl (C=O) groups is 2. The molecule has 1 aromatic heterocycles. The molecular formula is C14H13ClN2O5S2. The summed E-state index contributed by atoms with van der Waals surface area (Å²) in [4.78, 5) is 23.1. The lowest BCUT2D eigenvalue weighted by atomic mass is 10.1. The van der Waals surface area contributed by atoms with Crippen LogP contribution in [0.25, 0.3) is 0 Å². The summed E-state index contributed by atoms with van der Waals surface area (Å²) in [5.74, 6) is -1.80. The Hall–Kier alpha value is -1.94. The summed E-state index contributed by atoms with van der Waals surface area (Å²) < 4.78 is 26.7. The maximum Gasteiger partial charge on any atom is 0.336 e. The highest BCUT2D eigenvalue weighted by atomic mass is 35.5. The lowest BCUT2D eigenvalue weighted by molar-refractivity contribution is 0.0691. The van der Waals surface area contributed by atoms with E-state index in [-0.39, 0.29) is 28.4 Å². The standard InChI is InChI=1S/C14H13ClN2O5S2/c15-11-5-6-12(23-11)24(21,22)17-8-7-16-13(18)9-3-1-2-4-10(9)14(19)20/h1-6,17H,7-8H2,(H,16,18)(H,19,20). The van der Waals surface area contributed by atoms with Crippen molar-refractivity contribution in [3.63, 3.8) is 0 Å². The van der Waals surface area contributed by atoms with Crippen LogP contribution in [0.4, 0.5) is 0 Å². The van der Waals surface area contributed by atoms with Crippen molar-refractivity contribution >= 4 is 44.8 Å². The molecule has 0 aliphatic rings. The molecule has 0 radical (unpaired) electrons. The zero-order valence-corrected chi connectivity index (χ0v) is 14.5. The number of rotatable bonds is 7. The SMILES string of the molecule is O=C(O)c1ccccc1C(=O)NCCNS(=O)(=O)c1ccc(Cl)s1. The number of thiophene rings is 1. The second-order valence-corrected chi connectivity index (χ2v) is 8.27. The van der Waals surface area contributed by atoms with Crippen molar-refractivity contribution in [1.29, 1.82) is 0 Å². The van der Waals surface area contributed by atoms with E-state index in [9.17, 15) is 18.0 Å². The minimum absolute atomic E-state index is 0.00508. The zero-order valence-electron chi connectivity index (χ0n) is 12.2. The molecule has 0 aliphatic carbocycles. The first-order valence-electron chi connectivity index (χ1n) is 6.67. The molecule has 0 unspecified atom stereocenters. The largest absolute Gasteiger partial charge is 0.478 e. The van der Waals surface area contributed by atoms with Gasteiger partial charge in [-0.1, -0.05) is 23.7 Å². The van der Waals surface area contributed by atoms with Crippen LogP contribution in [0.15, 0.2) is 40.6 Å². The average Bonchev–Trinajstić information content (AvgIpc) is 2.99. The van der Waals surface area contributed by atoms with Crippen LogP contribution in [0.3, 0.4) is 0 Å². The van der Waals surface area contributed by atoms with Crippen molar-refractivity contribution in [3.05, 3.63) is 51.9 Å². The van der Waals surface area contributed by atoms with Gasteiger partial charge in [-0.25, -0.2) is 17.9 Å². The third-order valence-corrected chi connectivity index (χ3v) is 6.10. The van der Waals surface area contributed by atoms with Gasteiger partial charge in [0.25, 0.3) is 5.91 Å². The van der Waals surface area contributed by atoms with E-state index in [1.807, 2.05) is 0 Å². The lowest BCUT2D eigenvalue weighted by Gasteiger charge is -2.08. The van der Waals surface area contributed by atoms with Crippen molar-refractivity contribution in [1.82, 2.24) is 10.0 Å². The van der Waals surface area contributed by atoms with Gasteiger partial charge >= 0.3 is 5.97 Å². The average molecular weight is 389 g/mol. The molecular weight excluding hydrogens is 376 g/mol. The van der Waals surface area contributed by atoms with Crippen LogP contribution in [0.1, 0.15) is 20.7 Å². The van der Waals surface area contributed by atoms with Crippen LogP contribution in [-0.4, -0.2) is 38.5 Å². The Morgan fingerprint density at radius 3 is 2.33 bits per heavy atom. The van der Waals surface area contributed by atoms with Gasteiger partial charge in [-0.2, -0.15) is 0 Å². The number of amides is 1. The number of carbonyl (C=O) groups excluding carboxylic acids is 1. The maximum atomic E-state index is 12.0. The molecule has 10 heteroatoms. The van der Waals surface area contributed by atoms with E-state index in [4.69, 9.17) is 16.7 Å². The number of benzene rings is 1. The van der Waals surface area contributed by atoms with Crippen molar-refractivity contribution in [2.75, 3.05) is 13.1 Å². The predicted octanol–water partition coefficient (Wildman–Crippen LogP) is 1.81. The Kier molecular flexibility index (Phi) is 5.94. The second-order valence-electron chi connectivity index (χ2n) is 4.56. The molecule has 7 nitrogen and oxygen atoms in total. The normalized spacial score (nSPS) is 11.2. The molecule has 1 amide bonds. The Balaban J connectivity index is 1.91. The van der Waals surface area contributed by atoms with Crippen LogP contribution in [0, 0.1) is 0 Å². The lowest BCUT2D eigenvalue weighted by Crippen LogP contribution is -2.35. The van der Waals surface area contributed by atoms with Crippen LogP contribution in [0.5, 0.6) is 0 Å². The molecule has 0 atom stereocenters. The first kappa shape index (κ1) is 18.4. The fraction of sp³-hybridized carbons (Fsp3) is 0.143. The molecule has 0 fully saturated rings. The van der Waals surface area contributed by atoms with E-state index in [0.717, 1.165) is 11.3 Å². The molecule has 2 rings (SSSR count). The fourth-order valence-electron chi connectivity index (χ4n) is 1.84. The fourth-order valence-corrected chi connectivity index (χ4v) is 4.40. The van der Waals surface area contributed by atoms with Gasteiger partial charge in [0, 0.05) is 13.1 Å². The minimum atomic E-state index is -3.68. The third kappa shape index (κ3) is 4.54. The van der Waals surface area contributed by atoms with Crippen LogP contribution in [0.2, 0.25) is 4.34 Å². The Morgan fingerprint density at radius 2 is 1.75 bits per heavy atom. The Bertz CT molecular complexity index is 864. The summed E-state index contributed by atoms with van der Waals surface area (Å²) in [6.07, 6.45) is 0. The van der Waals surface area contributed by atoms with Crippen molar-refractivity contribution in [3.8, 4) is 0 Å². The summed E-state index contributed by atoms with van der Waals surface area (Å²) in [6, 6.07) is 8.63. The van der Waals surface area contributed by atoms with Gasteiger partial charge in [0.15, 0.2) is 0 Å². The smallest absolute Gasteiger partial charge is 0.336 e. The number of nitrogens with one attached hydrogen (secondary N) is 2. The molecule has 2 aromatic rings. The van der Waals surface area contributed by atoms with Crippen molar-refractivity contribution < 1.29 is 23.1 Å². The Labute approximate surface area is 147 Å². The van der Waals surface area contributed by atoms with E-state index < -0.39 is 21.9 Å². The van der Waals surface area contributed by atoms with Gasteiger partial charge in [-0.05, 0) is 24.3 Å². The van der Waals surface area contributed by atoms with E-state index >= 15 is 0 Å². The minimum Gasteiger partial charge on any atom is -0.478 e. The molecule has 0 aliphatic heterocycles. The molecule has 3 N–H and O–H groups in total. The molecule has 0 spiro atoms. The highest BCUT2D eigenvalue weighted by Crippen LogP contribution is 2.25. The highest BCUT2D eigenvalue weighted by Gasteiger charge is 2.17. The topological polar surface area (TPSA) is 113 Å². The van der Waals surface area contributed by atoms with Gasteiger partial charge in [0.05, 0.1) is 15.5 Å². The van der Waals surface area contributed by atoms with E-state index in [0.29, 0.717) is 4.34 Å². The molecule has 0 bridgehead atoms. The zero-order chi connectivity index (χ0) is 17.7. The van der Waals surface area contributed by atoms with E-state index in [1.54, 1.807) is 6.07 Å². The number of aromatic carboxylic acids is 1. The van der Waals surface area contributed by atoms with Gasteiger partial charge in [0.1, 0.15) is 4.21 Å². The summed E-state index contributed by atoms with van der Waals surface area (Å²) >= 11 is 6.62. The number of hydrogen-bond acceptors (Lipinski definition) is 5. The number of halogens is 1. The number of sulfonamides is 1. The van der Waals surface area contributed by atoms with Crippen molar-refractivity contribution in [2.24, 2.45) is 0 Å². The maximum absolute atomic E-state index is 12.0. The van der Waals surface area contributed by atoms with Crippen LogP contribution >= 0.6 is 22.9 Å². The number of carboxylic acid groups (broad SMARTS) is 1. The summed E-state index contributed by atoms with van der Waals surface area (Å²) in [5, 5.41) is 11.5. The predicted molar refractivity (Wildman–Crippen MR) is 90.3 cm³/mol. The quantitative estimate of drug-likeness (QED) is 0.626. The van der Waals surface area contributed by atoms with Crippen LogP contribution < -0.4 is 10.0 Å². The summed E-state index contributed by atoms with van der Waals surface area (Å²) in [7, 11) is -3.68. The summed E-state index contributed by atoms with van der Waals surface area (Å²) in [5.41, 5.74) is -0.110. The Morgan fingerprint density at radius 1 is 1.08 bits per heavy atom. The molecule has 0 saturated carbocycles. The van der Waals surface area contributed by atoms with Gasteiger partial charge in [-0.15, -0.1) is 11.3 Å².